The Morgan fingerprint density at radius 2 is 1.82 bits per heavy atom. The maximum atomic E-state index is 12.1. The molecule has 0 radical (unpaired) electrons. The van der Waals surface area contributed by atoms with Gasteiger partial charge in [0.1, 0.15) is 0 Å². The predicted octanol–water partition coefficient (Wildman–Crippen LogP) is 4.42. The van der Waals surface area contributed by atoms with Crippen molar-refractivity contribution in [3.63, 3.8) is 0 Å². The second-order valence-electron chi connectivity index (χ2n) is 6.26. The number of rotatable bonds is 7. The van der Waals surface area contributed by atoms with E-state index >= 15 is 0 Å². The van der Waals surface area contributed by atoms with E-state index < -0.39 is 0 Å². The van der Waals surface area contributed by atoms with E-state index in [2.05, 4.69) is 26.3 Å². The van der Waals surface area contributed by atoms with Crippen LogP contribution in [-0.4, -0.2) is 15.7 Å². The summed E-state index contributed by atoms with van der Waals surface area (Å²) in [5.41, 5.74) is 2.33. The van der Waals surface area contributed by atoms with Crippen LogP contribution in [0.15, 0.2) is 69.9 Å². The van der Waals surface area contributed by atoms with Crippen molar-refractivity contribution in [3.05, 3.63) is 86.1 Å². The summed E-state index contributed by atoms with van der Waals surface area (Å²) in [7, 11) is 0. The van der Waals surface area contributed by atoms with E-state index in [-0.39, 0.29) is 11.5 Å². The van der Waals surface area contributed by atoms with Gasteiger partial charge < -0.3 is 5.32 Å². The third kappa shape index (κ3) is 5.53. The normalized spacial score (nSPS) is 10.6. The molecule has 7 heteroatoms. The van der Waals surface area contributed by atoms with Crippen LogP contribution in [0.4, 0.5) is 0 Å². The smallest absolute Gasteiger partial charge is 0.266 e. The second kappa shape index (κ2) is 9.66. The molecule has 0 aliphatic rings. The number of amides is 1. The first-order valence-corrected chi connectivity index (χ1v) is 10.0. The minimum absolute atomic E-state index is 0.0861. The zero-order valence-electron chi connectivity index (χ0n) is 15.1. The van der Waals surface area contributed by atoms with E-state index in [1.165, 1.54) is 10.7 Å². The van der Waals surface area contributed by atoms with Gasteiger partial charge in [0.2, 0.25) is 5.91 Å². The predicted molar refractivity (Wildman–Crippen MR) is 114 cm³/mol. The quantitative estimate of drug-likeness (QED) is 0.567. The molecule has 0 fully saturated rings. The van der Waals surface area contributed by atoms with Gasteiger partial charge in [0, 0.05) is 40.6 Å². The summed E-state index contributed by atoms with van der Waals surface area (Å²) in [5, 5.41) is 7.89. The van der Waals surface area contributed by atoms with Crippen molar-refractivity contribution < 1.29 is 4.79 Å². The van der Waals surface area contributed by atoms with Crippen LogP contribution < -0.4 is 10.9 Å². The Morgan fingerprint density at radius 1 is 1.07 bits per heavy atom. The Balaban J connectivity index is 1.55. The van der Waals surface area contributed by atoms with Gasteiger partial charge in [0.15, 0.2) is 0 Å². The zero-order valence-corrected chi connectivity index (χ0v) is 17.4. The van der Waals surface area contributed by atoms with Gasteiger partial charge in [-0.1, -0.05) is 57.9 Å². The first-order chi connectivity index (χ1) is 13.5. The van der Waals surface area contributed by atoms with Crippen molar-refractivity contribution in [2.45, 2.75) is 25.9 Å². The van der Waals surface area contributed by atoms with Gasteiger partial charge in [-0.05, 0) is 36.2 Å². The van der Waals surface area contributed by atoms with Crippen LogP contribution in [0, 0.1) is 0 Å². The average Bonchev–Trinajstić information content (AvgIpc) is 2.69. The monoisotopic (exact) mass is 459 g/mol. The first-order valence-electron chi connectivity index (χ1n) is 8.87. The molecular formula is C21H19BrClN3O2. The Labute approximate surface area is 176 Å². The Kier molecular flexibility index (Phi) is 7.01. The van der Waals surface area contributed by atoms with Crippen LogP contribution in [0.3, 0.4) is 0 Å². The Morgan fingerprint density at radius 3 is 2.57 bits per heavy atom. The number of nitrogens with zero attached hydrogens (tertiary/aromatic N) is 2. The van der Waals surface area contributed by atoms with Gasteiger partial charge in [-0.15, -0.1) is 0 Å². The van der Waals surface area contributed by atoms with Gasteiger partial charge in [-0.3, -0.25) is 9.59 Å². The number of halogens is 2. The summed E-state index contributed by atoms with van der Waals surface area (Å²) >= 11 is 9.49. The lowest BCUT2D eigenvalue weighted by molar-refractivity contribution is -0.121. The minimum Gasteiger partial charge on any atom is -0.352 e. The largest absolute Gasteiger partial charge is 0.352 e. The summed E-state index contributed by atoms with van der Waals surface area (Å²) in [6.07, 6.45) is 0.826. The molecule has 0 bridgehead atoms. The zero-order chi connectivity index (χ0) is 19.9. The van der Waals surface area contributed by atoms with Crippen LogP contribution in [-0.2, 0) is 17.9 Å². The Bertz CT molecular complexity index is 1020. The van der Waals surface area contributed by atoms with E-state index in [1.54, 1.807) is 12.1 Å². The van der Waals surface area contributed by atoms with Crippen LogP contribution >= 0.6 is 27.5 Å². The molecule has 0 saturated heterocycles. The standard InChI is InChI=1S/C21H19BrClN3O2/c22-17-9-7-15(8-10-17)19-11-12-21(28)26(25-19)13-3-6-20(27)24-14-16-4-1-2-5-18(16)23/h1-2,4-5,7-12H,3,6,13-14H2,(H,24,27). The summed E-state index contributed by atoms with van der Waals surface area (Å²) in [4.78, 5) is 24.1. The molecule has 1 aromatic heterocycles. The molecule has 5 nitrogen and oxygen atoms in total. The molecule has 0 aliphatic heterocycles. The lowest BCUT2D eigenvalue weighted by Gasteiger charge is -2.09. The van der Waals surface area contributed by atoms with E-state index in [4.69, 9.17) is 11.6 Å². The van der Waals surface area contributed by atoms with Gasteiger partial charge in [-0.25, -0.2) is 4.68 Å². The highest BCUT2D eigenvalue weighted by Crippen LogP contribution is 2.19. The molecule has 1 amide bonds. The van der Waals surface area contributed by atoms with E-state index in [9.17, 15) is 9.59 Å². The van der Waals surface area contributed by atoms with Crippen molar-refractivity contribution in [3.8, 4) is 11.3 Å². The van der Waals surface area contributed by atoms with E-state index in [1.807, 2.05) is 42.5 Å². The van der Waals surface area contributed by atoms with Crippen LogP contribution in [0.5, 0.6) is 0 Å². The lowest BCUT2D eigenvalue weighted by atomic mass is 10.1. The highest BCUT2D eigenvalue weighted by atomic mass is 79.9. The molecule has 0 atom stereocenters. The highest BCUT2D eigenvalue weighted by molar-refractivity contribution is 9.10. The first kappa shape index (κ1) is 20.3. The summed E-state index contributed by atoms with van der Waals surface area (Å²) in [6.45, 7) is 0.762. The number of benzene rings is 2. The third-order valence-corrected chi connectivity index (χ3v) is 5.11. The molecule has 1 N–H and O–H groups in total. The van der Waals surface area contributed by atoms with Crippen LogP contribution in [0.2, 0.25) is 5.02 Å². The van der Waals surface area contributed by atoms with Gasteiger partial charge in [0.25, 0.3) is 5.56 Å². The molecule has 144 valence electrons. The molecule has 2 aromatic carbocycles. The van der Waals surface area contributed by atoms with Crippen molar-refractivity contribution in [1.29, 1.82) is 0 Å². The van der Waals surface area contributed by atoms with Crippen LogP contribution in [0.1, 0.15) is 18.4 Å². The number of hydrogen-bond acceptors (Lipinski definition) is 3. The second-order valence-corrected chi connectivity index (χ2v) is 7.58. The highest BCUT2D eigenvalue weighted by Gasteiger charge is 2.07. The fourth-order valence-electron chi connectivity index (χ4n) is 2.70. The van der Waals surface area contributed by atoms with Crippen LogP contribution in [0.25, 0.3) is 11.3 Å². The number of carbonyl (C=O) groups excluding carboxylic acids is 1. The maximum Gasteiger partial charge on any atom is 0.266 e. The summed E-state index contributed by atoms with van der Waals surface area (Å²) in [6, 6.07) is 18.3. The van der Waals surface area contributed by atoms with E-state index in [0.29, 0.717) is 31.0 Å². The third-order valence-electron chi connectivity index (χ3n) is 4.21. The number of aryl methyl sites for hydroxylation is 1. The number of aromatic nitrogens is 2. The minimum atomic E-state index is -0.183. The average molecular weight is 461 g/mol. The molecule has 28 heavy (non-hydrogen) atoms. The fraction of sp³-hybridized carbons (Fsp3) is 0.190. The number of hydrogen-bond donors (Lipinski definition) is 1. The number of carbonyl (C=O) groups is 1. The molecule has 1 heterocycles. The molecule has 0 aliphatic carbocycles. The topological polar surface area (TPSA) is 64.0 Å². The molecule has 0 saturated carbocycles. The van der Waals surface area contributed by atoms with Crippen molar-refractivity contribution in [1.82, 2.24) is 15.1 Å². The summed E-state index contributed by atoms with van der Waals surface area (Å²) in [5.74, 6) is -0.0861. The lowest BCUT2D eigenvalue weighted by Crippen LogP contribution is -2.25. The maximum absolute atomic E-state index is 12.1. The molecule has 3 aromatic rings. The van der Waals surface area contributed by atoms with E-state index in [0.717, 1.165) is 21.3 Å². The molecule has 0 unspecified atom stereocenters. The number of nitrogens with one attached hydrogen (secondary N) is 1. The van der Waals surface area contributed by atoms with Crippen molar-refractivity contribution in [2.24, 2.45) is 0 Å². The van der Waals surface area contributed by atoms with Crippen molar-refractivity contribution >= 4 is 33.4 Å². The SMILES string of the molecule is O=C(CCCn1nc(-c2ccc(Br)cc2)ccc1=O)NCc1ccccc1Cl. The van der Waals surface area contributed by atoms with Gasteiger partial charge in [-0.2, -0.15) is 5.10 Å². The Hall–Kier alpha value is -2.44. The molecular weight excluding hydrogens is 442 g/mol. The van der Waals surface area contributed by atoms with Crippen molar-refractivity contribution in [2.75, 3.05) is 0 Å². The summed E-state index contributed by atoms with van der Waals surface area (Å²) < 4.78 is 2.38. The fourth-order valence-corrected chi connectivity index (χ4v) is 3.16. The molecule has 0 spiro atoms. The molecule has 3 rings (SSSR count). The van der Waals surface area contributed by atoms with Gasteiger partial charge >= 0.3 is 0 Å². The van der Waals surface area contributed by atoms with Gasteiger partial charge in [0.05, 0.1) is 5.69 Å².